The van der Waals surface area contributed by atoms with Crippen LogP contribution in [-0.4, -0.2) is 33.9 Å². The van der Waals surface area contributed by atoms with Crippen LogP contribution in [0, 0.1) is 0 Å². The third-order valence-corrected chi connectivity index (χ3v) is 2.26. The molecule has 16 heavy (non-hydrogen) atoms. The van der Waals surface area contributed by atoms with Crippen molar-refractivity contribution in [3.63, 3.8) is 0 Å². The number of nitrogens with one attached hydrogen (secondary N) is 1. The molecule has 8 heteroatoms. The van der Waals surface area contributed by atoms with Crippen LogP contribution in [0.1, 0.15) is 16.9 Å². The Morgan fingerprint density at radius 2 is 2.25 bits per heavy atom. The van der Waals surface area contributed by atoms with Crippen LogP contribution in [0.3, 0.4) is 0 Å². The monoisotopic (exact) mass is 243 g/mol. The molecule has 1 heterocycles. The molecule has 2 amide bonds. The van der Waals surface area contributed by atoms with Gasteiger partial charge in [-0.3, -0.25) is 9.59 Å². The van der Waals surface area contributed by atoms with Crippen molar-refractivity contribution in [2.45, 2.75) is 12.5 Å². The van der Waals surface area contributed by atoms with Crippen LogP contribution in [-0.2, 0) is 9.59 Å². The predicted molar refractivity (Wildman–Crippen MR) is 54.8 cm³/mol. The molecule has 1 rings (SSSR count). The lowest BCUT2D eigenvalue weighted by atomic mass is 10.2. The van der Waals surface area contributed by atoms with E-state index in [1.807, 2.05) is 0 Å². The minimum absolute atomic E-state index is 0.112. The number of nitrogens with zero attached hydrogens (tertiary/aromatic N) is 1. The molecule has 0 radical (unpaired) electrons. The molecule has 1 aromatic rings. The second kappa shape index (κ2) is 5.21. The predicted octanol–water partition coefficient (Wildman–Crippen LogP) is -0.799. The van der Waals surface area contributed by atoms with Crippen LogP contribution >= 0.6 is 11.3 Å². The lowest BCUT2D eigenvalue weighted by molar-refractivity contribution is -0.140. The molecule has 0 aliphatic carbocycles. The largest absolute Gasteiger partial charge is 0.480 e. The summed E-state index contributed by atoms with van der Waals surface area (Å²) in [7, 11) is 0. The van der Waals surface area contributed by atoms with Crippen LogP contribution in [0.5, 0.6) is 0 Å². The average Bonchev–Trinajstić information content (AvgIpc) is 2.68. The van der Waals surface area contributed by atoms with E-state index in [1.165, 1.54) is 22.2 Å². The summed E-state index contributed by atoms with van der Waals surface area (Å²) in [5, 5.41) is 12.4. The lowest BCUT2D eigenvalue weighted by Gasteiger charge is -2.11. The second-order valence-corrected chi connectivity index (χ2v) is 3.63. The molecule has 4 N–H and O–H groups in total. The van der Waals surface area contributed by atoms with Crippen molar-refractivity contribution in [1.82, 2.24) is 10.3 Å². The highest BCUT2D eigenvalue weighted by Crippen LogP contribution is 2.02. The van der Waals surface area contributed by atoms with Gasteiger partial charge in [0.25, 0.3) is 5.91 Å². The van der Waals surface area contributed by atoms with Crippen molar-refractivity contribution < 1.29 is 19.5 Å². The zero-order valence-corrected chi connectivity index (χ0v) is 8.86. The van der Waals surface area contributed by atoms with Gasteiger partial charge in [0.1, 0.15) is 11.7 Å². The summed E-state index contributed by atoms with van der Waals surface area (Å²) in [6.45, 7) is 0. The molecule has 0 spiro atoms. The van der Waals surface area contributed by atoms with Gasteiger partial charge < -0.3 is 16.2 Å². The van der Waals surface area contributed by atoms with Crippen molar-refractivity contribution in [1.29, 1.82) is 0 Å². The van der Waals surface area contributed by atoms with E-state index < -0.39 is 30.2 Å². The lowest BCUT2D eigenvalue weighted by Crippen LogP contribution is -2.43. The summed E-state index contributed by atoms with van der Waals surface area (Å²) in [6.07, 6.45) is -0.453. The number of primary amides is 1. The maximum Gasteiger partial charge on any atom is 0.326 e. The average molecular weight is 243 g/mol. The van der Waals surface area contributed by atoms with Crippen LogP contribution in [0.15, 0.2) is 10.9 Å². The second-order valence-electron chi connectivity index (χ2n) is 2.91. The molecule has 0 saturated heterocycles. The van der Waals surface area contributed by atoms with Crippen molar-refractivity contribution in [2.75, 3.05) is 0 Å². The number of aromatic nitrogens is 1. The van der Waals surface area contributed by atoms with Gasteiger partial charge in [-0.25, -0.2) is 9.78 Å². The van der Waals surface area contributed by atoms with E-state index in [9.17, 15) is 14.4 Å². The Labute approximate surface area is 94.3 Å². The van der Waals surface area contributed by atoms with Crippen molar-refractivity contribution in [2.24, 2.45) is 5.73 Å². The summed E-state index contributed by atoms with van der Waals surface area (Å²) in [6, 6.07) is -1.33. The number of carboxylic acids is 1. The van der Waals surface area contributed by atoms with E-state index in [0.29, 0.717) is 0 Å². The molecule has 0 bridgehead atoms. The van der Waals surface area contributed by atoms with Gasteiger partial charge in [0.2, 0.25) is 5.91 Å². The number of carbonyl (C=O) groups is 3. The van der Waals surface area contributed by atoms with E-state index in [0.717, 1.165) is 0 Å². The molecule has 7 nitrogen and oxygen atoms in total. The molecule has 0 aromatic carbocycles. The molecule has 1 atom stereocenters. The third-order valence-electron chi connectivity index (χ3n) is 1.67. The van der Waals surface area contributed by atoms with Crippen molar-refractivity contribution in [3.05, 3.63) is 16.6 Å². The van der Waals surface area contributed by atoms with Gasteiger partial charge in [0.05, 0.1) is 11.9 Å². The fourth-order valence-electron chi connectivity index (χ4n) is 0.958. The van der Waals surface area contributed by atoms with Gasteiger partial charge in [-0.15, -0.1) is 11.3 Å². The van der Waals surface area contributed by atoms with E-state index in [2.05, 4.69) is 10.3 Å². The first-order valence-corrected chi connectivity index (χ1v) is 5.15. The van der Waals surface area contributed by atoms with Gasteiger partial charge in [0.15, 0.2) is 0 Å². The van der Waals surface area contributed by atoms with Crippen molar-refractivity contribution >= 4 is 29.1 Å². The van der Waals surface area contributed by atoms with Gasteiger partial charge in [-0.1, -0.05) is 0 Å². The molecule has 0 unspecified atom stereocenters. The Morgan fingerprint density at radius 3 is 2.69 bits per heavy atom. The number of nitrogens with two attached hydrogens (primary N) is 1. The zero-order valence-electron chi connectivity index (χ0n) is 8.04. The molecule has 0 aliphatic rings. The first-order chi connectivity index (χ1) is 7.50. The van der Waals surface area contributed by atoms with Crippen LogP contribution in [0.4, 0.5) is 0 Å². The zero-order chi connectivity index (χ0) is 12.1. The maximum absolute atomic E-state index is 11.4. The molecular weight excluding hydrogens is 234 g/mol. The molecule has 0 aliphatic heterocycles. The first kappa shape index (κ1) is 12.1. The Balaban J connectivity index is 2.65. The third kappa shape index (κ3) is 3.31. The number of rotatable bonds is 5. The highest BCUT2D eigenvalue weighted by Gasteiger charge is 2.23. The standard InChI is InChI=1S/C8H9N3O4S/c9-6(12)1-4(8(14)15)11-7(13)5-2-16-3-10-5/h2-4H,1H2,(H2,9,12)(H,11,13)(H,14,15)/t4-/m0/s1. The fraction of sp³-hybridized carbons (Fsp3) is 0.250. The van der Waals surface area contributed by atoms with Gasteiger partial charge >= 0.3 is 5.97 Å². The number of carbonyl (C=O) groups excluding carboxylic acids is 2. The quantitative estimate of drug-likeness (QED) is 0.625. The van der Waals surface area contributed by atoms with Crippen molar-refractivity contribution in [3.8, 4) is 0 Å². The van der Waals surface area contributed by atoms with E-state index in [4.69, 9.17) is 10.8 Å². The van der Waals surface area contributed by atoms with E-state index in [-0.39, 0.29) is 5.69 Å². The number of amides is 2. The van der Waals surface area contributed by atoms with Gasteiger partial charge in [-0.2, -0.15) is 0 Å². The summed E-state index contributed by atoms with van der Waals surface area (Å²) < 4.78 is 0. The van der Waals surface area contributed by atoms with E-state index >= 15 is 0 Å². The van der Waals surface area contributed by atoms with Crippen LogP contribution < -0.4 is 11.1 Å². The fourth-order valence-corrected chi connectivity index (χ4v) is 1.49. The Bertz CT molecular complexity index is 403. The van der Waals surface area contributed by atoms with Crippen LogP contribution in [0.25, 0.3) is 0 Å². The SMILES string of the molecule is NC(=O)C[C@H](NC(=O)c1cscn1)C(=O)O. The van der Waals surface area contributed by atoms with Gasteiger partial charge in [-0.05, 0) is 0 Å². The molecule has 86 valence electrons. The summed E-state index contributed by atoms with van der Waals surface area (Å²) in [5.74, 6) is -2.76. The number of carboxylic acid groups (broad SMARTS) is 1. The Hall–Kier alpha value is -1.96. The van der Waals surface area contributed by atoms with Gasteiger partial charge in [0, 0.05) is 5.38 Å². The highest BCUT2D eigenvalue weighted by atomic mass is 32.1. The molecule has 0 fully saturated rings. The van der Waals surface area contributed by atoms with E-state index in [1.54, 1.807) is 0 Å². The summed E-state index contributed by atoms with van der Waals surface area (Å²) in [5.41, 5.74) is 6.41. The number of hydrogen-bond acceptors (Lipinski definition) is 5. The van der Waals surface area contributed by atoms with Crippen LogP contribution in [0.2, 0.25) is 0 Å². The minimum Gasteiger partial charge on any atom is -0.480 e. The highest BCUT2D eigenvalue weighted by molar-refractivity contribution is 7.07. The first-order valence-electron chi connectivity index (χ1n) is 4.21. The molecule has 0 saturated carbocycles. The maximum atomic E-state index is 11.4. The smallest absolute Gasteiger partial charge is 0.326 e. The minimum atomic E-state index is -1.33. The summed E-state index contributed by atoms with van der Waals surface area (Å²) in [4.78, 5) is 36.4. The molecular formula is C8H9N3O4S. The number of hydrogen-bond donors (Lipinski definition) is 3. The number of aliphatic carboxylic acids is 1. The Morgan fingerprint density at radius 1 is 1.56 bits per heavy atom. The number of thiazole rings is 1. The normalized spacial score (nSPS) is 11.8. The summed E-state index contributed by atoms with van der Waals surface area (Å²) >= 11 is 1.21. The molecule has 1 aromatic heterocycles. The Kier molecular flexibility index (Phi) is 3.95. The topological polar surface area (TPSA) is 122 Å².